The molecule has 1 unspecified atom stereocenters. The number of benzene rings is 1. The average Bonchev–Trinajstić information content (AvgIpc) is 3.24. The van der Waals surface area contributed by atoms with Crippen LogP contribution in [0.3, 0.4) is 0 Å². The highest BCUT2D eigenvalue weighted by Gasteiger charge is 2.30. The van der Waals surface area contributed by atoms with Crippen LogP contribution in [0, 0.1) is 5.92 Å². The molecule has 0 saturated carbocycles. The van der Waals surface area contributed by atoms with E-state index in [1.165, 1.54) is 10.9 Å². The van der Waals surface area contributed by atoms with E-state index in [0.29, 0.717) is 12.3 Å². The van der Waals surface area contributed by atoms with Crippen LogP contribution in [-0.4, -0.2) is 34.2 Å². The third-order valence-corrected chi connectivity index (χ3v) is 5.62. The molecular formula is C22H25N3O2. The van der Waals surface area contributed by atoms with Crippen molar-refractivity contribution < 1.29 is 9.21 Å². The first-order valence-corrected chi connectivity index (χ1v) is 9.72. The molecule has 0 bridgehead atoms. The van der Waals surface area contributed by atoms with E-state index in [0.717, 1.165) is 56.6 Å². The van der Waals surface area contributed by atoms with E-state index in [1.807, 2.05) is 18.3 Å². The Kier molecular flexibility index (Phi) is 5.58. The number of hydrogen-bond acceptors (Lipinski definition) is 5. The van der Waals surface area contributed by atoms with Gasteiger partial charge in [-0.25, -0.2) is 4.98 Å². The van der Waals surface area contributed by atoms with Crippen molar-refractivity contribution in [2.75, 3.05) is 13.1 Å². The number of para-hydroxylation sites is 1. The fraction of sp³-hybridized carbons (Fsp3) is 0.409. The van der Waals surface area contributed by atoms with Crippen LogP contribution in [0.25, 0.3) is 10.9 Å². The van der Waals surface area contributed by atoms with Crippen molar-refractivity contribution in [2.24, 2.45) is 5.92 Å². The van der Waals surface area contributed by atoms with Gasteiger partial charge in [0.25, 0.3) is 0 Å². The number of rotatable bonds is 7. The maximum Gasteiger partial charge on any atom is 0.197 e. The van der Waals surface area contributed by atoms with Crippen molar-refractivity contribution in [1.29, 1.82) is 0 Å². The van der Waals surface area contributed by atoms with Crippen molar-refractivity contribution in [3.63, 3.8) is 0 Å². The number of likely N-dealkylation sites (tertiary alicyclic amines) is 1. The van der Waals surface area contributed by atoms with Gasteiger partial charge in [0, 0.05) is 30.5 Å². The SMILES string of the molecule is O=CCCC(c1ncco1)C1CCN(Cc2cnc3ccccc3c2)CC1. The van der Waals surface area contributed by atoms with E-state index >= 15 is 0 Å². The Labute approximate surface area is 159 Å². The third kappa shape index (κ3) is 4.25. The summed E-state index contributed by atoms with van der Waals surface area (Å²) in [7, 11) is 0. The lowest BCUT2D eigenvalue weighted by molar-refractivity contribution is -0.108. The number of pyridine rings is 1. The second kappa shape index (κ2) is 8.44. The first kappa shape index (κ1) is 17.9. The normalized spacial score (nSPS) is 17.2. The summed E-state index contributed by atoms with van der Waals surface area (Å²) < 4.78 is 5.56. The Bertz CT molecular complexity index is 870. The second-order valence-electron chi connectivity index (χ2n) is 7.37. The van der Waals surface area contributed by atoms with Crippen molar-refractivity contribution >= 4 is 17.2 Å². The van der Waals surface area contributed by atoms with Gasteiger partial charge in [0.2, 0.25) is 0 Å². The summed E-state index contributed by atoms with van der Waals surface area (Å²) in [6, 6.07) is 10.5. The van der Waals surface area contributed by atoms with Crippen LogP contribution in [0.4, 0.5) is 0 Å². The van der Waals surface area contributed by atoms with Crippen molar-refractivity contribution in [3.05, 3.63) is 60.4 Å². The molecule has 4 rings (SSSR count). The van der Waals surface area contributed by atoms with Crippen LogP contribution in [0.1, 0.15) is 43.1 Å². The third-order valence-electron chi connectivity index (χ3n) is 5.62. The highest BCUT2D eigenvalue weighted by molar-refractivity contribution is 5.78. The van der Waals surface area contributed by atoms with Crippen molar-refractivity contribution in [3.8, 4) is 0 Å². The maximum absolute atomic E-state index is 10.8. The lowest BCUT2D eigenvalue weighted by Gasteiger charge is -2.35. The molecule has 0 aliphatic carbocycles. The zero-order chi connectivity index (χ0) is 18.5. The van der Waals surface area contributed by atoms with Crippen LogP contribution in [0.2, 0.25) is 0 Å². The summed E-state index contributed by atoms with van der Waals surface area (Å²) in [4.78, 5) is 22.3. The molecule has 3 aromatic rings. The molecule has 3 heterocycles. The molecule has 27 heavy (non-hydrogen) atoms. The number of fused-ring (bicyclic) bond motifs is 1. The smallest absolute Gasteiger partial charge is 0.197 e. The molecule has 1 aliphatic heterocycles. The van der Waals surface area contributed by atoms with Crippen LogP contribution in [0.15, 0.2) is 53.4 Å². The minimum atomic E-state index is 0.245. The largest absolute Gasteiger partial charge is 0.449 e. The number of carbonyl (C=O) groups is 1. The molecule has 1 aromatic carbocycles. The number of hydrogen-bond donors (Lipinski definition) is 0. The quantitative estimate of drug-likeness (QED) is 0.589. The number of aldehydes is 1. The summed E-state index contributed by atoms with van der Waals surface area (Å²) in [6.45, 7) is 3.04. The lowest BCUT2D eigenvalue weighted by atomic mass is 9.81. The summed E-state index contributed by atoms with van der Waals surface area (Å²) in [5.41, 5.74) is 2.31. The number of oxazole rings is 1. The van der Waals surface area contributed by atoms with Gasteiger partial charge in [0.15, 0.2) is 5.89 Å². The second-order valence-corrected chi connectivity index (χ2v) is 7.37. The summed E-state index contributed by atoms with van der Waals surface area (Å²) in [5.74, 6) is 1.55. The molecule has 2 aromatic heterocycles. The Morgan fingerprint density at radius 2 is 2.07 bits per heavy atom. The van der Waals surface area contributed by atoms with E-state index in [4.69, 9.17) is 4.42 Å². The molecule has 1 aliphatic rings. The van der Waals surface area contributed by atoms with Gasteiger partial charge in [-0.15, -0.1) is 0 Å². The number of nitrogens with zero attached hydrogens (tertiary/aromatic N) is 3. The number of aromatic nitrogens is 2. The van der Waals surface area contributed by atoms with Crippen LogP contribution in [0.5, 0.6) is 0 Å². The highest BCUT2D eigenvalue weighted by Crippen LogP contribution is 2.35. The topological polar surface area (TPSA) is 59.2 Å². The highest BCUT2D eigenvalue weighted by atomic mass is 16.3. The molecule has 0 radical (unpaired) electrons. The zero-order valence-corrected chi connectivity index (χ0v) is 15.5. The Balaban J connectivity index is 1.38. The zero-order valence-electron chi connectivity index (χ0n) is 15.5. The van der Waals surface area contributed by atoms with E-state index in [-0.39, 0.29) is 5.92 Å². The molecule has 1 saturated heterocycles. The Morgan fingerprint density at radius 1 is 1.22 bits per heavy atom. The van der Waals surface area contributed by atoms with Gasteiger partial charge in [-0.05, 0) is 56.0 Å². The minimum absolute atomic E-state index is 0.245. The minimum Gasteiger partial charge on any atom is -0.449 e. The van der Waals surface area contributed by atoms with Gasteiger partial charge in [-0.3, -0.25) is 9.88 Å². The van der Waals surface area contributed by atoms with Crippen molar-refractivity contribution in [1.82, 2.24) is 14.9 Å². The number of carbonyl (C=O) groups excluding carboxylic acids is 1. The van der Waals surface area contributed by atoms with E-state index in [9.17, 15) is 4.79 Å². The first-order chi connectivity index (χ1) is 13.3. The summed E-state index contributed by atoms with van der Waals surface area (Å²) in [5, 5.41) is 1.20. The van der Waals surface area contributed by atoms with Gasteiger partial charge in [-0.2, -0.15) is 0 Å². The monoisotopic (exact) mass is 363 g/mol. The summed E-state index contributed by atoms with van der Waals surface area (Å²) >= 11 is 0. The average molecular weight is 363 g/mol. The van der Waals surface area contributed by atoms with E-state index in [1.54, 1.807) is 12.5 Å². The standard InChI is InChI=1S/C22H25N3O2/c26-12-3-5-20(22-23-9-13-27-22)18-7-10-25(11-8-18)16-17-14-19-4-1-2-6-21(19)24-15-17/h1-2,4,6,9,12-15,18,20H,3,5,7-8,10-11,16H2. The Morgan fingerprint density at radius 3 is 2.85 bits per heavy atom. The van der Waals surface area contributed by atoms with Crippen LogP contribution >= 0.6 is 0 Å². The van der Waals surface area contributed by atoms with Gasteiger partial charge in [0.1, 0.15) is 12.5 Å². The van der Waals surface area contributed by atoms with Gasteiger partial charge >= 0.3 is 0 Å². The Hall–Kier alpha value is -2.53. The van der Waals surface area contributed by atoms with Gasteiger partial charge < -0.3 is 9.21 Å². The lowest BCUT2D eigenvalue weighted by Crippen LogP contribution is -2.35. The van der Waals surface area contributed by atoms with E-state index in [2.05, 4.69) is 33.1 Å². The fourth-order valence-corrected chi connectivity index (χ4v) is 4.20. The van der Waals surface area contributed by atoms with Gasteiger partial charge in [0.05, 0.1) is 11.7 Å². The molecule has 5 nitrogen and oxygen atoms in total. The number of piperidine rings is 1. The molecule has 5 heteroatoms. The van der Waals surface area contributed by atoms with E-state index < -0.39 is 0 Å². The molecule has 0 spiro atoms. The molecule has 1 fully saturated rings. The fourth-order valence-electron chi connectivity index (χ4n) is 4.20. The summed E-state index contributed by atoms with van der Waals surface area (Å²) in [6.07, 6.45) is 9.92. The van der Waals surface area contributed by atoms with Crippen molar-refractivity contribution in [2.45, 2.75) is 38.1 Å². The predicted molar refractivity (Wildman–Crippen MR) is 104 cm³/mol. The molecular weight excluding hydrogens is 338 g/mol. The van der Waals surface area contributed by atoms with Crippen LogP contribution in [-0.2, 0) is 11.3 Å². The first-order valence-electron chi connectivity index (χ1n) is 9.72. The predicted octanol–water partition coefficient (Wildman–Crippen LogP) is 4.20. The molecule has 0 N–H and O–H groups in total. The maximum atomic E-state index is 10.8. The van der Waals surface area contributed by atoms with Gasteiger partial charge in [-0.1, -0.05) is 18.2 Å². The molecule has 1 atom stereocenters. The van der Waals surface area contributed by atoms with Crippen LogP contribution < -0.4 is 0 Å². The molecule has 0 amide bonds. The molecule has 140 valence electrons.